The van der Waals surface area contributed by atoms with Crippen LogP contribution in [0, 0.1) is 5.92 Å². The fourth-order valence-corrected chi connectivity index (χ4v) is 2.76. The Kier molecular flexibility index (Phi) is 5.52. The first kappa shape index (κ1) is 16.5. The summed E-state index contributed by atoms with van der Waals surface area (Å²) >= 11 is 0. The van der Waals surface area contributed by atoms with Crippen LogP contribution < -0.4 is 4.90 Å². The van der Waals surface area contributed by atoms with E-state index in [1.54, 1.807) is 18.3 Å². The molecule has 5 heteroatoms. The molecule has 1 unspecified atom stereocenters. The van der Waals surface area contributed by atoms with Gasteiger partial charge in [-0.2, -0.15) is 0 Å². The lowest BCUT2D eigenvalue weighted by Gasteiger charge is -2.20. The number of hydrogen-bond donors (Lipinski definition) is 0. The molecular formula is C17H25N3O2. The summed E-state index contributed by atoms with van der Waals surface area (Å²) in [6, 6.07) is 3.56. The van der Waals surface area contributed by atoms with E-state index < -0.39 is 0 Å². The predicted molar refractivity (Wildman–Crippen MR) is 88.8 cm³/mol. The smallest absolute Gasteiger partial charge is 0.342 e. The molecule has 1 aliphatic rings. The molecule has 1 aromatic rings. The fraction of sp³-hybridized carbons (Fsp3) is 0.588. The van der Waals surface area contributed by atoms with E-state index in [1.165, 1.54) is 5.71 Å². The van der Waals surface area contributed by atoms with Gasteiger partial charge in [-0.3, -0.25) is 4.99 Å². The molecule has 22 heavy (non-hydrogen) atoms. The van der Waals surface area contributed by atoms with Crippen molar-refractivity contribution >= 4 is 17.5 Å². The summed E-state index contributed by atoms with van der Waals surface area (Å²) in [6.45, 7) is 10.4. The molecule has 0 bridgehead atoms. The van der Waals surface area contributed by atoms with Crippen LogP contribution in [0.3, 0.4) is 0 Å². The maximum absolute atomic E-state index is 12.2. The van der Waals surface area contributed by atoms with Gasteiger partial charge in [-0.1, -0.05) is 0 Å². The average Bonchev–Trinajstić information content (AvgIpc) is 2.96. The van der Waals surface area contributed by atoms with E-state index in [0.717, 1.165) is 31.9 Å². The highest BCUT2D eigenvalue weighted by Crippen LogP contribution is 2.26. The Labute approximate surface area is 132 Å². The molecule has 1 aliphatic heterocycles. The van der Waals surface area contributed by atoms with Crippen LogP contribution in [0.15, 0.2) is 23.3 Å². The molecule has 0 amide bonds. The minimum atomic E-state index is -0.305. The summed E-state index contributed by atoms with van der Waals surface area (Å²) in [6.07, 6.45) is 2.64. The first-order valence-corrected chi connectivity index (χ1v) is 7.94. The van der Waals surface area contributed by atoms with Gasteiger partial charge in [-0.15, -0.1) is 0 Å². The molecule has 1 aromatic heterocycles. The molecule has 0 aromatic carbocycles. The summed E-state index contributed by atoms with van der Waals surface area (Å²) in [5.41, 5.74) is 1.73. The fourth-order valence-electron chi connectivity index (χ4n) is 2.76. The zero-order chi connectivity index (χ0) is 16.1. The SMILES string of the molecule is CCN=C(C)C1CCN(c2ncccc2C(=O)OC(C)C)C1. The van der Waals surface area contributed by atoms with Crippen molar-refractivity contribution in [2.45, 2.75) is 40.2 Å². The Morgan fingerprint density at radius 2 is 2.32 bits per heavy atom. The number of esters is 1. The lowest BCUT2D eigenvalue weighted by molar-refractivity contribution is 0.0378. The van der Waals surface area contributed by atoms with Crippen molar-refractivity contribution in [1.82, 2.24) is 4.98 Å². The van der Waals surface area contributed by atoms with Gasteiger partial charge in [0.05, 0.1) is 6.10 Å². The van der Waals surface area contributed by atoms with Crippen molar-refractivity contribution < 1.29 is 9.53 Å². The molecule has 1 saturated heterocycles. The van der Waals surface area contributed by atoms with Crippen LogP contribution in [-0.4, -0.2) is 42.4 Å². The maximum atomic E-state index is 12.2. The van der Waals surface area contributed by atoms with Crippen LogP contribution in [0.25, 0.3) is 0 Å². The quantitative estimate of drug-likeness (QED) is 0.620. The second kappa shape index (κ2) is 7.38. The molecule has 0 spiro atoms. The van der Waals surface area contributed by atoms with E-state index in [9.17, 15) is 4.79 Å². The highest BCUT2D eigenvalue weighted by molar-refractivity contribution is 5.95. The third-order valence-electron chi connectivity index (χ3n) is 3.84. The highest BCUT2D eigenvalue weighted by atomic mass is 16.5. The van der Waals surface area contributed by atoms with Gasteiger partial charge >= 0.3 is 5.97 Å². The monoisotopic (exact) mass is 303 g/mol. The standard InChI is InChI=1S/C17H25N3O2/c1-5-18-13(4)14-8-10-20(11-14)16-15(7-6-9-19-16)17(21)22-12(2)3/h6-7,9,12,14H,5,8,10-11H2,1-4H3. The van der Waals surface area contributed by atoms with Gasteiger partial charge < -0.3 is 9.64 Å². The van der Waals surface area contributed by atoms with E-state index in [0.29, 0.717) is 11.5 Å². The van der Waals surface area contributed by atoms with Crippen molar-refractivity contribution in [3.8, 4) is 0 Å². The van der Waals surface area contributed by atoms with E-state index in [1.807, 2.05) is 13.8 Å². The van der Waals surface area contributed by atoms with Gasteiger partial charge in [-0.25, -0.2) is 9.78 Å². The average molecular weight is 303 g/mol. The molecule has 1 fully saturated rings. The zero-order valence-corrected chi connectivity index (χ0v) is 13.9. The lowest BCUT2D eigenvalue weighted by Crippen LogP contribution is -2.26. The number of carbonyl (C=O) groups is 1. The Bertz CT molecular complexity index is 555. The summed E-state index contributed by atoms with van der Waals surface area (Å²) in [5.74, 6) is 0.858. The number of nitrogens with zero attached hydrogens (tertiary/aromatic N) is 3. The number of anilines is 1. The van der Waals surface area contributed by atoms with Crippen LogP contribution in [0.5, 0.6) is 0 Å². The molecule has 0 radical (unpaired) electrons. The Morgan fingerprint density at radius 3 is 3.00 bits per heavy atom. The van der Waals surface area contributed by atoms with E-state index in [2.05, 4.69) is 28.7 Å². The Morgan fingerprint density at radius 1 is 1.55 bits per heavy atom. The van der Waals surface area contributed by atoms with Crippen molar-refractivity contribution in [2.75, 3.05) is 24.5 Å². The van der Waals surface area contributed by atoms with Crippen LogP contribution in [0.1, 0.15) is 44.5 Å². The molecular weight excluding hydrogens is 278 g/mol. The number of aromatic nitrogens is 1. The zero-order valence-electron chi connectivity index (χ0n) is 13.9. The topological polar surface area (TPSA) is 54.8 Å². The van der Waals surface area contributed by atoms with Crippen LogP contribution >= 0.6 is 0 Å². The van der Waals surface area contributed by atoms with Crippen molar-refractivity contribution in [3.05, 3.63) is 23.9 Å². The van der Waals surface area contributed by atoms with Crippen molar-refractivity contribution in [1.29, 1.82) is 0 Å². The number of aliphatic imine (C=N–C) groups is 1. The normalized spacial score (nSPS) is 18.9. The summed E-state index contributed by atoms with van der Waals surface area (Å²) < 4.78 is 5.32. The second-order valence-corrected chi connectivity index (χ2v) is 5.88. The minimum absolute atomic E-state index is 0.134. The Balaban J connectivity index is 2.17. The van der Waals surface area contributed by atoms with Crippen molar-refractivity contribution in [2.24, 2.45) is 10.9 Å². The molecule has 1 atom stereocenters. The van der Waals surface area contributed by atoms with Gasteiger partial charge in [-0.05, 0) is 46.2 Å². The van der Waals surface area contributed by atoms with Gasteiger partial charge in [0.1, 0.15) is 11.4 Å². The molecule has 5 nitrogen and oxygen atoms in total. The summed E-state index contributed by atoms with van der Waals surface area (Å²) in [5, 5.41) is 0. The molecule has 120 valence electrons. The molecule has 0 N–H and O–H groups in total. The molecule has 0 saturated carbocycles. The minimum Gasteiger partial charge on any atom is -0.459 e. The maximum Gasteiger partial charge on any atom is 0.342 e. The van der Waals surface area contributed by atoms with Gasteiger partial charge in [0, 0.05) is 37.5 Å². The van der Waals surface area contributed by atoms with Gasteiger partial charge in [0.25, 0.3) is 0 Å². The summed E-state index contributed by atoms with van der Waals surface area (Å²) in [4.78, 5) is 23.3. The number of ether oxygens (including phenoxy) is 1. The molecule has 2 rings (SSSR count). The van der Waals surface area contributed by atoms with E-state index >= 15 is 0 Å². The number of hydrogen-bond acceptors (Lipinski definition) is 5. The molecule has 0 aliphatic carbocycles. The number of pyridine rings is 1. The van der Waals surface area contributed by atoms with Crippen molar-refractivity contribution in [3.63, 3.8) is 0 Å². The molecule has 2 heterocycles. The number of rotatable bonds is 5. The Hall–Kier alpha value is -1.91. The second-order valence-electron chi connectivity index (χ2n) is 5.88. The predicted octanol–water partition coefficient (Wildman–Crippen LogP) is 2.95. The largest absolute Gasteiger partial charge is 0.459 e. The third-order valence-corrected chi connectivity index (χ3v) is 3.84. The van der Waals surface area contributed by atoms with E-state index in [-0.39, 0.29) is 12.1 Å². The van der Waals surface area contributed by atoms with Crippen LogP contribution in [0.2, 0.25) is 0 Å². The van der Waals surface area contributed by atoms with E-state index in [4.69, 9.17) is 4.74 Å². The highest BCUT2D eigenvalue weighted by Gasteiger charge is 2.28. The first-order chi connectivity index (χ1) is 10.5. The van der Waals surface area contributed by atoms with Gasteiger partial charge in [0.2, 0.25) is 0 Å². The number of carbonyl (C=O) groups excluding carboxylic acids is 1. The van der Waals surface area contributed by atoms with Crippen LogP contribution in [-0.2, 0) is 4.74 Å². The summed E-state index contributed by atoms with van der Waals surface area (Å²) in [7, 11) is 0. The first-order valence-electron chi connectivity index (χ1n) is 7.94. The lowest BCUT2D eigenvalue weighted by atomic mass is 10.0. The third kappa shape index (κ3) is 3.84. The van der Waals surface area contributed by atoms with Crippen LogP contribution in [0.4, 0.5) is 5.82 Å². The van der Waals surface area contributed by atoms with Gasteiger partial charge in [0.15, 0.2) is 0 Å².